The zero-order valence-electron chi connectivity index (χ0n) is 8.55. The van der Waals surface area contributed by atoms with Crippen molar-refractivity contribution in [3.05, 3.63) is 42.2 Å². The second-order valence-electron chi connectivity index (χ2n) is 3.33. The van der Waals surface area contributed by atoms with Crippen LogP contribution in [-0.2, 0) is 18.5 Å². The second-order valence-corrected chi connectivity index (χ2v) is 3.33. The van der Waals surface area contributed by atoms with E-state index in [9.17, 15) is 0 Å². The maximum atomic E-state index is 5.09. The highest BCUT2D eigenvalue weighted by molar-refractivity contribution is 5.60. The van der Waals surface area contributed by atoms with Crippen molar-refractivity contribution < 1.29 is 4.84 Å². The average Bonchev–Trinajstić information content (AvgIpc) is 2.66. The monoisotopic (exact) mass is 203 g/mol. The van der Waals surface area contributed by atoms with Gasteiger partial charge in [-0.25, -0.2) is 10.9 Å². The summed E-state index contributed by atoms with van der Waals surface area (Å²) in [4.78, 5) is 8.96. The Hall–Kier alpha value is -1.65. The maximum Gasteiger partial charge on any atom is 0.139 e. The minimum Gasteiger partial charge on any atom is -0.334 e. The van der Waals surface area contributed by atoms with Gasteiger partial charge >= 0.3 is 0 Å². The fraction of sp³-hybridized carbons (Fsp3) is 0.182. The number of rotatable bonds is 3. The van der Waals surface area contributed by atoms with Crippen LogP contribution in [0.3, 0.4) is 0 Å². The average molecular weight is 203 g/mol. The number of hydrogen-bond acceptors (Lipinski definition) is 3. The Labute approximate surface area is 88.3 Å². The van der Waals surface area contributed by atoms with E-state index < -0.39 is 0 Å². The number of nitrogens with zero attached hydrogens (tertiary/aromatic N) is 2. The fourth-order valence-corrected chi connectivity index (χ4v) is 1.58. The zero-order chi connectivity index (χ0) is 10.7. The lowest BCUT2D eigenvalue weighted by Gasteiger charge is -2.07. The number of aryl methyl sites for hydroxylation is 1. The second kappa shape index (κ2) is 4.25. The third kappa shape index (κ3) is 1.91. The van der Waals surface area contributed by atoms with Gasteiger partial charge in [-0.15, -0.1) is 0 Å². The topological polar surface area (TPSA) is 53.1 Å². The van der Waals surface area contributed by atoms with Gasteiger partial charge in [-0.2, -0.15) is 0 Å². The van der Waals surface area contributed by atoms with Crippen LogP contribution >= 0.6 is 0 Å². The van der Waals surface area contributed by atoms with Crippen LogP contribution in [0.25, 0.3) is 11.4 Å². The number of hydrogen-bond donors (Lipinski definition) is 1. The Morgan fingerprint density at radius 1 is 1.40 bits per heavy atom. The van der Waals surface area contributed by atoms with Gasteiger partial charge < -0.3 is 4.57 Å². The van der Waals surface area contributed by atoms with Crippen molar-refractivity contribution in [2.24, 2.45) is 12.9 Å². The summed E-state index contributed by atoms with van der Waals surface area (Å²) in [7, 11) is 1.96. The molecule has 0 bridgehead atoms. The molecule has 1 aromatic heterocycles. The summed E-state index contributed by atoms with van der Waals surface area (Å²) in [6.45, 7) is 0.392. The molecule has 15 heavy (non-hydrogen) atoms. The van der Waals surface area contributed by atoms with Gasteiger partial charge in [-0.3, -0.25) is 4.84 Å². The molecule has 2 rings (SSSR count). The SMILES string of the molecule is Cn1ccnc1-c1ccccc1CON. The third-order valence-electron chi connectivity index (χ3n) is 2.32. The molecule has 2 N–H and O–H groups in total. The van der Waals surface area contributed by atoms with Crippen LogP contribution in [0, 0.1) is 0 Å². The summed E-state index contributed by atoms with van der Waals surface area (Å²) in [6.07, 6.45) is 3.69. The first kappa shape index (κ1) is 9.89. The highest BCUT2D eigenvalue weighted by Crippen LogP contribution is 2.21. The number of imidazole rings is 1. The maximum absolute atomic E-state index is 5.09. The van der Waals surface area contributed by atoms with Gasteiger partial charge in [0, 0.05) is 25.0 Å². The first-order valence-electron chi connectivity index (χ1n) is 4.70. The van der Waals surface area contributed by atoms with Gasteiger partial charge in [-0.05, 0) is 5.56 Å². The van der Waals surface area contributed by atoms with E-state index in [4.69, 9.17) is 5.90 Å². The summed E-state index contributed by atoms with van der Waals surface area (Å²) in [6, 6.07) is 7.93. The highest BCUT2D eigenvalue weighted by Gasteiger charge is 2.07. The molecule has 0 aliphatic carbocycles. The molecule has 1 aromatic carbocycles. The van der Waals surface area contributed by atoms with E-state index in [0.29, 0.717) is 6.61 Å². The van der Waals surface area contributed by atoms with Gasteiger partial charge in [0.1, 0.15) is 5.82 Å². The lowest BCUT2D eigenvalue weighted by molar-refractivity contribution is 0.124. The molecule has 0 unspecified atom stereocenters. The molecule has 4 nitrogen and oxygen atoms in total. The molecule has 0 aliphatic heterocycles. The van der Waals surface area contributed by atoms with E-state index in [0.717, 1.165) is 17.0 Å². The van der Waals surface area contributed by atoms with Crippen LogP contribution in [0.1, 0.15) is 5.56 Å². The van der Waals surface area contributed by atoms with Crippen molar-refractivity contribution in [2.45, 2.75) is 6.61 Å². The van der Waals surface area contributed by atoms with Crippen LogP contribution in [0.4, 0.5) is 0 Å². The predicted molar refractivity (Wildman–Crippen MR) is 57.6 cm³/mol. The lowest BCUT2D eigenvalue weighted by Crippen LogP contribution is -2.02. The van der Waals surface area contributed by atoms with Crippen LogP contribution in [0.2, 0.25) is 0 Å². The smallest absolute Gasteiger partial charge is 0.139 e. The van der Waals surface area contributed by atoms with Crippen molar-refractivity contribution in [3.8, 4) is 11.4 Å². The van der Waals surface area contributed by atoms with E-state index in [2.05, 4.69) is 9.82 Å². The normalized spacial score (nSPS) is 10.5. The molecule has 1 heterocycles. The van der Waals surface area contributed by atoms with Crippen LogP contribution in [-0.4, -0.2) is 9.55 Å². The minimum atomic E-state index is 0.392. The number of aromatic nitrogens is 2. The standard InChI is InChI=1S/C11H13N3O/c1-14-7-6-13-11(14)10-5-3-2-4-9(10)8-15-12/h2-7H,8,12H2,1H3. The summed E-state index contributed by atoms with van der Waals surface area (Å²) >= 11 is 0. The minimum absolute atomic E-state index is 0.392. The summed E-state index contributed by atoms with van der Waals surface area (Å²) < 4.78 is 1.97. The molecule has 0 amide bonds. The van der Waals surface area contributed by atoms with Crippen molar-refractivity contribution in [3.63, 3.8) is 0 Å². The molecule has 0 aliphatic rings. The fourth-order valence-electron chi connectivity index (χ4n) is 1.58. The molecule has 0 saturated carbocycles. The van der Waals surface area contributed by atoms with E-state index in [1.54, 1.807) is 6.20 Å². The Bertz CT molecular complexity index is 451. The Morgan fingerprint density at radius 2 is 2.20 bits per heavy atom. The third-order valence-corrected chi connectivity index (χ3v) is 2.32. The molecule has 2 aromatic rings. The summed E-state index contributed by atoms with van der Waals surface area (Å²) in [5.41, 5.74) is 2.09. The molecule has 0 saturated heterocycles. The lowest BCUT2D eigenvalue weighted by atomic mass is 10.1. The van der Waals surface area contributed by atoms with Crippen molar-refractivity contribution in [1.29, 1.82) is 0 Å². The summed E-state index contributed by atoms with van der Waals surface area (Å²) in [5, 5.41) is 0. The molecular weight excluding hydrogens is 190 g/mol. The molecule has 0 spiro atoms. The quantitative estimate of drug-likeness (QED) is 0.769. The van der Waals surface area contributed by atoms with Gasteiger partial charge in [0.15, 0.2) is 0 Å². The van der Waals surface area contributed by atoms with Crippen LogP contribution in [0.15, 0.2) is 36.7 Å². The van der Waals surface area contributed by atoms with Crippen molar-refractivity contribution in [2.75, 3.05) is 0 Å². The van der Waals surface area contributed by atoms with Crippen molar-refractivity contribution >= 4 is 0 Å². The van der Waals surface area contributed by atoms with Crippen LogP contribution < -0.4 is 5.90 Å². The Kier molecular flexibility index (Phi) is 2.80. The molecule has 4 heteroatoms. The van der Waals surface area contributed by atoms with Gasteiger partial charge in [0.25, 0.3) is 0 Å². The van der Waals surface area contributed by atoms with E-state index in [1.165, 1.54) is 0 Å². The van der Waals surface area contributed by atoms with Crippen molar-refractivity contribution in [1.82, 2.24) is 9.55 Å². The number of nitrogens with two attached hydrogens (primary N) is 1. The zero-order valence-corrected chi connectivity index (χ0v) is 8.55. The number of benzene rings is 1. The Balaban J connectivity index is 2.48. The van der Waals surface area contributed by atoms with Gasteiger partial charge in [-0.1, -0.05) is 24.3 Å². The highest BCUT2D eigenvalue weighted by atomic mass is 16.6. The van der Waals surface area contributed by atoms with Crippen LogP contribution in [0.5, 0.6) is 0 Å². The van der Waals surface area contributed by atoms with E-state index >= 15 is 0 Å². The molecular formula is C11H13N3O. The first-order chi connectivity index (χ1) is 7.33. The van der Waals surface area contributed by atoms with Gasteiger partial charge in [0.05, 0.1) is 6.61 Å². The Morgan fingerprint density at radius 3 is 2.87 bits per heavy atom. The molecule has 0 atom stereocenters. The summed E-state index contributed by atoms with van der Waals surface area (Å²) in [5.74, 6) is 6.01. The molecule has 0 radical (unpaired) electrons. The van der Waals surface area contributed by atoms with E-state index in [1.807, 2.05) is 42.1 Å². The first-order valence-corrected chi connectivity index (χ1v) is 4.70. The predicted octanol–water partition coefficient (Wildman–Crippen LogP) is 1.48. The molecule has 0 fully saturated rings. The van der Waals surface area contributed by atoms with E-state index in [-0.39, 0.29) is 0 Å². The van der Waals surface area contributed by atoms with Gasteiger partial charge in [0.2, 0.25) is 0 Å². The largest absolute Gasteiger partial charge is 0.334 e. The molecule has 78 valence electrons.